The number of rotatable bonds is 1. The third-order valence-corrected chi connectivity index (χ3v) is 0.289. The van der Waals surface area contributed by atoms with Crippen LogP contribution in [0.1, 0.15) is 20.3 Å². The zero-order valence-corrected chi connectivity index (χ0v) is 5.28. The van der Waals surface area contributed by atoms with Gasteiger partial charge >= 0.3 is 0 Å². The maximum atomic E-state index is 5.03. The predicted molar refractivity (Wildman–Crippen MR) is 34.1 cm³/mol. The number of hydrogen-bond donors (Lipinski definition) is 2. The van der Waals surface area contributed by atoms with Gasteiger partial charge in [0.25, 0.3) is 0 Å². The molecule has 0 aliphatic heterocycles. The van der Waals surface area contributed by atoms with Crippen LogP contribution in [-0.2, 0) is 0 Å². The Morgan fingerprint density at radius 2 is 1.29 bits per heavy atom. The summed E-state index contributed by atoms with van der Waals surface area (Å²) in [7, 11) is 0. The van der Waals surface area contributed by atoms with Gasteiger partial charge in [0.2, 0.25) is 0 Å². The van der Waals surface area contributed by atoms with E-state index in [2.05, 4.69) is 6.92 Å². The Balaban J connectivity index is 0. The van der Waals surface area contributed by atoms with E-state index in [1.807, 2.05) is 6.92 Å². The van der Waals surface area contributed by atoms with Crippen molar-refractivity contribution in [3.8, 4) is 0 Å². The molecule has 0 radical (unpaired) electrons. The van der Waals surface area contributed by atoms with Crippen molar-refractivity contribution in [3.05, 3.63) is 0 Å². The predicted octanol–water partition coefficient (Wildman–Crippen LogP) is 0.320. The van der Waals surface area contributed by atoms with Crippen molar-refractivity contribution in [2.45, 2.75) is 20.3 Å². The summed E-state index contributed by atoms with van der Waals surface area (Å²) in [5.41, 5.74) is 9.88. The Kier molecular flexibility index (Phi) is 24.1. The molecule has 0 unspecified atom stereocenters. The van der Waals surface area contributed by atoms with Crippen LogP contribution in [0.4, 0.5) is 0 Å². The fourth-order valence-corrected chi connectivity index (χ4v) is 0. The Morgan fingerprint density at radius 1 is 1.14 bits per heavy atom. The molecule has 0 fully saturated rings. The zero-order chi connectivity index (χ0) is 6.12. The first kappa shape index (κ1) is 10.0. The molecule has 0 spiro atoms. The first-order valence-electron chi connectivity index (χ1n) is 2.73. The summed E-state index contributed by atoms with van der Waals surface area (Å²) in [6.07, 6.45) is 1.10. The second kappa shape index (κ2) is 16.8. The van der Waals surface area contributed by atoms with Crippen LogP contribution in [0.25, 0.3) is 0 Å². The molecule has 0 aromatic rings. The highest BCUT2D eigenvalue weighted by molar-refractivity contribution is 4.19. The highest BCUT2D eigenvalue weighted by atomic mass is 14.5. The van der Waals surface area contributed by atoms with Gasteiger partial charge in [-0.2, -0.15) is 0 Å². The average molecular weight is 104 g/mol. The lowest BCUT2D eigenvalue weighted by Gasteiger charge is -1.70. The molecule has 0 aliphatic carbocycles. The number of hydrogen-bond acceptors (Lipinski definition) is 2. The van der Waals surface area contributed by atoms with E-state index in [4.69, 9.17) is 11.5 Å². The molecule has 0 bridgehead atoms. The molecule has 0 aromatic carbocycles. The summed E-state index contributed by atoms with van der Waals surface area (Å²) in [6, 6.07) is 0. The van der Waals surface area contributed by atoms with Crippen LogP contribution < -0.4 is 11.5 Å². The molecule has 4 N–H and O–H groups in total. The average Bonchev–Trinajstić information content (AvgIpc) is 1.69. The maximum Gasteiger partial charge on any atom is -0.00799 e. The van der Waals surface area contributed by atoms with E-state index >= 15 is 0 Å². The fourth-order valence-electron chi connectivity index (χ4n) is 0. The van der Waals surface area contributed by atoms with E-state index in [0.717, 1.165) is 19.5 Å². The quantitative estimate of drug-likeness (QED) is 0.503. The fraction of sp³-hybridized carbons (Fsp3) is 1.00. The highest BCUT2D eigenvalue weighted by Gasteiger charge is 1.55. The largest absolute Gasteiger partial charge is 0.331 e. The molecule has 2 nitrogen and oxygen atoms in total. The molecular formula is C5H16N2. The Bertz CT molecular complexity index is 13.6. The van der Waals surface area contributed by atoms with Crippen molar-refractivity contribution < 1.29 is 0 Å². The summed E-state index contributed by atoms with van der Waals surface area (Å²) in [6.45, 7) is 5.53. The molecule has 7 heavy (non-hydrogen) atoms. The van der Waals surface area contributed by atoms with Crippen LogP contribution in [-0.4, -0.2) is 13.1 Å². The van der Waals surface area contributed by atoms with Gasteiger partial charge in [-0.25, -0.2) is 0 Å². The van der Waals surface area contributed by atoms with Gasteiger partial charge in [-0.1, -0.05) is 13.8 Å². The smallest absolute Gasteiger partial charge is 0.00799 e. The number of nitrogens with two attached hydrogens (primary N) is 2. The minimum absolute atomic E-state index is 0.750. The molecule has 46 valence electrons. The van der Waals surface area contributed by atoms with Gasteiger partial charge in [-0.05, 0) is 19.5 Å². The lowest BCUT2D eigenvalue weighted by molar-refractivity contribution is 0.932. The Labute approximate surface area is 45.9 Å². The van der Waals surface area contributed by atoms with Crippen molar-refractivity contribution in [1.82, 2.24) is 0 Å². The molecule has 0 atom stereocenters. The molecule has 2 heteroatoms. The molecular weight excluding hydrogens is 88.1 g/mol. The molecule has 0 saturated heterocycles. The van der Waals surface area contributed by atoms with E-state index in [0.29, 0.717) is 0 Å². The second-order valence-corrected chi connectivity index (χ2v) is 1.20. The molecule has 0 heterocycles. The third kappa shape index (κ3) is 107. The Morgan fingerprint density at radius 3 is 1.29 bits per heavy atom. The van der Waals surface area contributed by atoms with Gasteiger partial charge in [-0.15, -0.1) is 0 Å². The van der Waals surface area contributed by atoms with Crippen molar-refractivity contribution >= 4 is 0 Å². The minimum atomic E-state index is 0.750. The van der Waals surface area contributed by atoms with E-state index in [9.17, 15) is 0 Å². The lowest BCUT2D eigenvalue weighted by Crippen LogP contribution is -1.93. The zero-order valence-electron chi connectivity index (χ0n) is 5.28. The first-order chi connectivity index (χ1) is 3.33. The van der Waals surface area contributed by atoms with Crippen molar-refractivity contribution in [2.24, 2.45) is 11.5 Å². The van der Waals surface area contributed by atoms with Crippen LogP contribution in [0.3, 0.4) is 0 Å². The maximum absolute atomic E-state index is 5.03. The van der Waals surface area contributed by atoms with Gasteiger partial charge < -0.3 is 11.5 Å². The third-order valence-electron chi connectivity index (χ3n) is 0.289. The van der Waals surface area contributed by atoms with Crippen LogP contribution >= 0.6 is 0 Å². The normalized spacial score (nSPS) is 6.86. The van der Waals surface area contributed by atoms with Gasteiger partial charge in [0.1, 0.15) is 0 Å². The summed E-state index contributed by atoms with van der Waals surface area (Å²) in [5.74, 6) is 0. The van der Waals surface area contributed by atoms with Gasteiger partial charge in [0.05, 0.1) is 0 Å². The first-order valence-corrected chi connectivity index (χ1v) is 2.73. The van der Waals surface area contributed by atoms with E-state index in [1.54, 1.807) is 0 Å². The molecule has 0 saturated carbocycles. The van der Waals surface area contributed by atoms with Gasteiger partial charge in [0.15, 0.2) is 0 Å². The highest BCUT2D eigenvalue weighted by Crippen LogP contribution is 1.57. The molecule has 0 rings (SSSR count). The molecule has 0 aliphatic rings. The van der Waals surface area contributed by atoms with Crippen LogP contribution in [0.2, 0.25) is 0 Å². The summed E-state index contributed by atoms with van der Waals surface area (Å²) < 4.78 is 0. The molecule has 0 amide bonds. The van der Waals surface area contributed by atoms with E-state index in [-0.39, 0.29) is 0 Å². The van der Waals surface area contributed by atoms with Gasteiger partial charge in [0, 0.05) is 0 Å². The summed E-state index contributed by atoms with van der Waals surface area (Å²) in [4.78, 5) is 0. The molecule has 0 aromatic heterocycles. The van der Waals surface area contributed by atoms with Crippen molar-refractivity contribution in [2.75, 3.05) is 13.1 Å². The van der Waals surface area contributed by atoms with Crippen molar-refractivity contribution in [1.29, 1.82) is 0 Å². The van der Waals surface area contributed by atoms with E-state index < -0.39 is 0 Å². The van der Waals surface area contributed by atoms with Crippen LogP contribution in [0, 0.1) is 0 Å². The second-order valence-electron chi connectivity index (χ2n) is 1.20. The summed E-state index contributed by atoms with van der Waals surface area (Å²) >= 11 is 0. The Hall–Kier alpha value is -0.0800. The van der Waals surface area contributed by atoms with Crippen LogP contribution in [0.5, 0.6) is 0 Å². The lowest BCUT2D eigenvalue weighted by atomic mass is 10.5. The summed E-state index contributed by atoms with van der Waals surface area (Å²) in [5, 5.41) is 0. The standard InChI is InChI=1S/C3H9N.C2H7N/c1-2-3-4;1-2-3/h2-4H2,1H3;2-3H2,1H3. The topological polar surface area (TPSA) is 52.0 Å². The van der Waals surface area contributed by atoms with E-state index in [1.165, 1.54) is 0 Å². The van der Waals surface area contributed by atoms with Gasteiger partial charge in [-0.3, -0.25) is 0 Å². The van der Waals surface area contributed by atoms with Crippen molar-refractivity contribution in [3.63, 3.8) is 0 Å². The minimum Gasteiger partial charge on any atom is -0.331 e. The SMILES string of the molecule is CCCN.CCN. The van der Waals surface area contributed by atoms with Crippen LogP contribution in [0.15, 0.2) is 0 Å². The monoisotopic (exact) mass is 104 g/mol.